The molecule has 1 heterocycles. The lowest BCUT2D eigenvalue weighted by molar-refractivity contribution is 1.02. The van der Waals surface area contributed by atoms with E-state index in [1.165, 1.54) is 0 Å². The third-order valence-corrected chi connectivity index (χ3v) is 1.95. The van der Waals surface area contributed by atoms with Gasteiger partial charge in [0.1, 0.15) is 0 Å². The first-order chi connectivity index (χ1) is 6.40. The molecular weight excluding hydrogens is 233 g/mol. The van der Waals surface area contributed by atoms with Crippen molar-refractivity contribution in [2.45, 2.75) is 6.54 Å². The maximum atomic E-state index is 5.55. The van der Waals surface area contributed by atoms with Crippen LogP contribution in [-0.2, 0) is 6.54 Å². The summed E-state index contributed by atoms with van der Waals surface area (Å²) in [5, 5.41) is 0. The average Bonchev–Trinajstić information content (AvgIpc) is 2.71. The summed E-state index contributed by atoms with van der Waals surface area (Å²) >= 11 is 0. The van der Waals surface area contributed by atoms with Crippen LogP contribution in [0.15, 0.2) is 43.0 Å². The lowest BCUT2D eigenvalue weighted by Gasteiger charge is -2.03. The summed E-state index contributed by atoms with van der Waals surface area (Å²) in [5.41, 5.74) is 7.78. The van der Waals surface area contributed by atoms with Gasteiger partial charge in [-0.15, -0.1) is 24.8 Å². The number of halogens is 2. The van der Waals surface area contributed by atoms with Crippen molar-refractivity contribution in [3.05, 3.63) is 48.5 Å². The largest absolute Gasteiger partial charge is 0.326 e. The van der Waals surface area contributed by atoms with Crippen LogP contribution in [-0.4, -0.2) is 9.55 Å². The van der Waals surface area contributed by atoms with Crippen LogP contribution < -0.4 is 5.73 Å². The van der Waals surface area contributed by atoms with E-state index in [0.29, 0.717) is 6.54 Å². The van der Waals surface area contributed by atoms with Crippen LogP contribution in [0.4, 0.5) is 0 Å². The Balaban J connectivity index is 0.000000980. The van der Waals surface area contributed by atoms with Gasteiger partial charge >= 0.3 is 0 Å². The molecular formula is C10H13Cl2N3. The third kappa shape index (κ3) is 3.23. The van der Waals surface area contributed by atoms with Crippen molar-refractivity contribution in [1.82, 2.24) is 9.55 Å². The van der Waals surface area contributed by atoms with Gasteiger partial charge in [0.05, 0.1) is 6.33 Å². The smallest absolute Gasteiger partial charge is 0.0991 e. The Morgan fingerprint density at radius 3 is 2.67 bits per heavy atom. The number of hydrogen-bond donors (Lipinski definition) is 1. The van der Waals surface area contributed by atoms with E-state index in [1.807, 2.05) is 29.0 Å². The lowest BCUT2D eigenvalue weighted by Crippen LogP contribution is -1.98. The predicted molar refractivity (Wildman–Crippen MR) is 66.0 cm³/mol. The molecule has 5 heteroatoms. The van der Waals surface area contributed by atoms with Gasteiger partial charge in [0, 0.05) is 24.6 Å². The van der Waals surface area contributed by atoms with E-state index in [9.17, 15) is 0 Å². The highest BCUT2D eigenvalue weighted by atomic mass is 35.5. The van der Waals surface area contributed by atoms with Crippen molar-refractivity contribution in [3.8, 4) is 5.69 Å². The summed E-state index contributed by atoms with van der Waals surface area (Å²) in [6.45, 7) is 0.572. The minimum Gasteiger partial charge on any atom is -0.326 e. The Morgan fingerprint density at radius 2 is 2.07 bits per heavy atom. The van der Waals surface area contributed by atoms with Crippen molar-refractivity contribution in [2.75, 3.05) is 0 Å². The van der Waals surface area contributed by atoms with Crippen molar-refractivity contribution >= 4 is 24.8 Å². The first-order valence-corrected chi connectivity index (χ1v) is 4.17. The Morgan fingerprint density at radius 1 is 1.27 bits per heavy atom. The summed E-state index contributed by atoms with van der Waals surface area (Å²) < 4.78 is 1.96. The Kier molecular flexibility index (Phi) is 6.01. The molecule has 0 saturated heterocycles. The standard InChI is InChI=1S/C10H11N3.2ClH/c11-7-9-2-1-3-10(6-9)13-5-4-12-8-13;;/h1-6,8H,7,11H2;2*1H. The van der Waals surface area contributed by atoms with Gasteiger partial charge in [0.15, 0.2) is 0 Å². The fourth-order valence-electron chi connectivity index (χ4n) is 1.26. The number of aromatic nitrogens is 2. The van der Waals surface area contributed by atoms with Gasteiger partial charge in [-0.1, -0.05) is 12.1 Å². The van der Waals surface area contributed by atoms with Crippen molar-refractivity contribution < 1.29 is 0 Å². The van der Waals surface area contributed by atoms with Crippen LogP contribution in [0.5, 0.6) is 0 Å². The second-order valence-electron chi connectivity index (χ2n) is 2.84. The number of nitrogens with two attached hydrogens (primary N) is 1. The van der Waals surface area contributed by atoms with Crippen molar-refractivity contribution in [2.24, 2.45) is 5.73 Å². The fourth-order valence-corrected chi connectivity index (χ4v) is 1.26. The summed E-state index contributed by atoms with van der Waals surface area (Å²) in [6.07, 6.45) is 5.44. The zero-order chi connectivity index (χ0) is 9.10. The van der Waals surface area contributed by atoms with Gasteiger partial charge in [0.25, 0.3) is 0 Å². The molecule has 2 rings (SSSR count). The second kappa shape index (κ2) is 6.45. The fraction of sp³-hybridized carbons (Fsp3) is 0.100. The van der Waals surface area contributed by atoms with Crippen molar-refractivity contribution in [3.63, 3.8) is 0 Å². The molecule has 1 aromatic heterocycles. The molecule has 0 aliphatic heterocycles. The Bertz CT molecular complexity index is 387. The van der Waals surface area contributed by atoms with Crippen LogP contribution in [0.1, 0.15) is 5.56 Å². The molecule has 0 spiro atoms. The molecule has 0 aliphatic rings. The average molecular weight is 246 g/mol. The SMILES string of the molecule is Cl.Cl.NCc1cccc(-n2ccnc2)c1. The van der Waals surface area contributed by atoms with Crippen LogP contribution in [0.25, 0.3) is 5.69 Å². The van der Waals surface area contributed by atoms with E-state index in [1.54, 1.807) is 12.5 Å². The first-order valence-electron chi connectivity index (χ1n) is 4.17. The number of nitrogens with zero attached hydrogens (tertiary/aromatic N) is 2. The minimum absolute atomic E-state index is 0. The van der Waals surface area contributed by atoms with E-state index < -0.39 is 0 Å². The van der Waals surface area contributed by atoms with E-state index >= 15 is 0 Å². The summed E-state index contributed by atoms with van der Waals surface area (Å²) in [4.78, 5) is 3.99. The molecule has 2 N–H and O–H groups in total. The lowest BCUT2D eigenvalue weighted by atomic mass is 10.2. The number of imidazole rings is 1. The molecule has 0 atom stereocenters. The van der Waals surface area contributed by atoms with E-state index in [2.05, 4.69) is 11.1 Å². The molecule has 82 valence electrons. The van der Waals surface area contributed by atoms with Gasteiger partial charge in [-0.3, -0.25) is 0 Å². The zero-order valence-corrected chi connectivity index (χ0v) is 9.67. The molecule has 0 radical (unpaired) electrons. The normalized spacial score (nSPS) is 8.87. The second-order valence-corrected chi connectivity index (χ2v) is 2.84. The maximum absolute atomic E-state index is 5.55. The predicted octanol–water partition coefficient (Wildman–Crippen LogP) is 2.17. The Hall–Kier alpha value is -1.03. The summed E-state index contributed by atoms with van der Waals surface area (Å²) in [7, 11) is 0. The molecule has 0 saturated carbocycles. The molecule has 0 bridgehead atoms. The van der Waals surface area contributed by atoms with E-state index in [0.717, 1.165) is 11.3 Å². The number of benzene rings is 1. The summed E-state index contributed by atoms with van der Waals surface area (Å²) in [6, 6.07) is 8.10. The van der Waals surface area contributed by atoms with Gasteiger partial charge < -0.3 is 10.3 Å². The molecule has 0 aliphatic carbocycles. The highest BCUT2D eigenvalue weighted by Gasteiger charge is 1.95. The van der Waals surface area contributed by atoms with Gasteiger partial charge in [-0.25, -0.2) is 4.98 Å². The molecule has 15 heavy (non-hydrogen) atoms. The summed E-state index contributed by atoms with van der Waals surface area (Å²) in [5.74, 6) is 0. The van der Waals surface area contributed by atoms with E-state index in [4.69, 9.17) is 5.73 Å². The minimum atomic E-state index is 0. The monoisotopic (exact) mass is 245 g/mol. The van der Waals surface area contributed by atoms with E-state index in [-0.39, 0.29) is 24.8 Å². The molecule has 0 amide bonds. The molecule has 1 aromatic carbocycles. The Labute approximate surface area is 101 Å². The van der Waals surface area contributed by atoms with Crippen LogP contribution >= 0.6 is 24.8 Å². The zero-order valence-electron chi connectivity index (χ0n) is 8.04. The van der Waals surface area contributed by atoms with Gasteiger partial charge in [-0.05, 0) is 17.7 Å². The molecule has 3 nitrogen and oxygen atoms in total. The maximum Gasteiger partial charge on any atom is 0.0991 e. The highest BCUT2D eigenvalue weighted by Crippen LogP contribution is 2.09. The van der Waals surface area contributed by atoms with Crippen LogP contribution in [0.3, 0.4) is 0 Å². The van der Waals surface area contributed by atoms with Gasteiger partial charge in [0.2, 0.25) is 0 Å². The number of hydrogen-bond acceptors (Lipinski definition) is 2. The van der Waals surface area contributed by atoms with Gasteiger partial charge in [-0.2, -0.15) is 0 Å². The topological polar surface area (TPSA) is 43.8 Å². The quantitative estimate of drug-likeness (QED) is 0.882. The number of rotatable bonds is 2. The third-order valence-electron chi connectivity index (χ3n) is 1.95. The highest BCUT2D eigenvalue weighted by molar-refractivity contribution is 5.85. The molecule has 0 unspecified atom stereocenters. The first kappa shape index (κ1) is 14.0. The van der Waals surface area contributed by atoms with Crippen LogP contribution in [0.2, 0.25) is 0 Å². The van der Waals surface area contributed by atoms with Crippen molar-refractivity contribution in [1.29, 1.82) is 0 Å². The molecule has 0 fully saturated rings. The van der Waals surface area contributed by atoms with Crippen LogP contribution in [0, 0.1) is 0 Å². The molecule has 2 aromatic rings.